The van der Waals surface area contributed by atoms with E-state index in [2.05, 4.69) is 33.9 Å². The van der Waals surface area contributed by atoms with E-state index in [1.807, 2.05) is 73.7 Å². The molecule has 54 heavy (non-hydrogen) atoms. The molecule has 0 saturated heterocycles. The highest BCUT2D eigenvalue weighted by molar-refractivity contribution is 6.01. The number of carbonyl (C=O) groups is 3. The topological polar surface area (TPSA) is 88.1 Å². The third-order valence-electron chi connectivity index (χ3n) is 12.8. The number of Topliss-reactive ketones (excluding diaryl/α,β-unsaturated/α-hetero) is 1. The fourth-order valence-electron chi connectivity index (χ4n) is 9.64. The van der Waals surface area contributed by atoms with Crippen LogP contribution in [0.2, 0.25) is 0 Å². The lowest BCUT2D eigenvalue weighted by atomic mass is 9.44. The average Bonchev–Trinajstić information content (AvgIpc) is 3.45. The van der Waals surface area contributed by atoms with Gasteiger partial charge in [0, 0.05) is 22.7 Å². The summed E-state index contributed by atoms with van der Waals surface area (Å²) in [5.41, 5.74) is -0.912. The molecule has 0 unspecified atom stereocenters. The quantitative estimate of drug-likeness (QED) is 0.0964. The molecule has 7 nitrogen and oxygen atoms in total. The average molecular weight is 725 g/mol. The largest absolute Gasteiger partial charge is 0.458 e. The van der Waals surface area contributed by atoms with Crippen molar-refractivity contribution >= 4 is 17.7 Å². The second-order valence-corrected chi connectivity index (χ2v) is 15.9. The van der Waals surface area contributed by atoms with Crippen LogP contribution in [0.25, 0.3) is 0 Å². The zero-order valence-electron chi connectivity index (χ0n) is 31.5. The van der Waals surface area contributed by atoms with Crippen LogP contribution in [0.4, 0.5) is 0 Å². The van der Waals surface area contributed by atoms with Crippen molar-refractivity contribution < 1.29 is 33.3 Å². The van der Waals surface area contributed by atoms with Gasteiger partial charge in [-0.3, -0.25) is 4.79 Å². The second kappa shape index (κ2) is 14.4. The van der Waals surface area contributed by atoms with Gasteiger partial charge >= 0.3 is 11.9 Å². The van der Waals surface area contributed by atoms with Crippen LogP contribution in [0.5, 0.6) is 23.0 Å². The molecule has 0 heterocycles. The fraction of sp³-hybridized carbons (Fsp3) is 0.340. The Balaban J connectivity index is 1.25. The molecule has 7 heteroatoms. The molecule has 3 aliphatic carbocycles. The molecule has 4 aromatic rings. The van der Waals surface area contributed by atoms with E-state index < -0.39 is 46.3 Å². The number of esters is 2. The van der Waals surface area contributed by atoms with Crippen molar-refractivity contribution in [3.05, 3.63) is 145 Å². The normalized spacial score (nSPS) is 30.3. The lowest BCUT2D eigenvalue weighted by Crippen LogP contribution is -2.63. The third-order valence-corrected chi connectivity index (χ3v) is 12.8. The molecule has 3 aliphatic rings. The Labute approximate surface area is 318 Å². The Morgan fingerprint density at radius 1 is 0.741 bits per heavy atom. The van der Waals surface area contributed by atoms with Crippen molar-refractivity contribution in [3.63, 3.8) is 0 Å². The number of carbonyl (C=O) groups excluding carboxylic acids is 3. The van der Waals surface area contributed by atoms with E-state index in [-0.39, 0.29) is 24.0 Å². The summed E-state index contributed by atoms with van der Waals surface area (Å²) in [6.07, 6.45) is 2.74. The van der Waals surface area contributed by atoms with Crippen LogP contribution in [0, 0.1) is 34.0 Å². The van der Waals surface area contributed by atoms with Crippen molar-refractivity contribution in [2.45, 2.75) is 65.6 Å². The molecule has 3 saturated carbocycles. The Morgan fingerprint density at radius 3 is 1.80 bits per heavy atom. The van der Waals surface area contributed by atoms with Crippen LogP contribution in [-0.4, -0.2) is 29.9 Å². The monoisotopic (exact) mass is 724 g/mol. The van der Waals surface area contributed by atoms with Crippen molar-refractivity contribution in [2.75, 3.05) is 0 Å². The van der Waals surface area contributed by atoms with E-state index in [0.717, 1.165) is 12.8 Å². The van der Waals surface area contributed by atoms with Crippen molar-refractivity contribution in [1.29, 1.82) is 0 Å². The molecule has 2 bridgehead atoms. The molecular formula is C47H48O7. The molecular weight excluding hydrogens is 677 g/mol. The molecule has 7 rings (SSSR count). The Bertz CT molecular complexity index is 2070. The number of ether oxygens (including phenoxy) is 4. The van der Waals surface area contributed by atoms with E-state index in [1.165, 1.54) is 0 Å². The van der Waals surface area contributed by atoms with Gasteiger partial charge < -0.3 is 18.9 Å². The maximum absolute atomic E-state index is 14.4. The van der Waals surface area contributed by atoms with E-state index in [4.69, 9.17) is 18.9 Å². The maximum atomic E-state index is 14.4. The van der Waals surface area contributed by atoms with Gasteiger partial charge in [-0.05, 0) is 103 Å². The number of hydrogen-bond acceptors (Lipinski definition) is 7. The fourth-order valence-corrected chi connectivity index (χ4v) is 9.64. The third kappa shape index (κ3) is 6.54. The summed E-state index contributed by atoms with van der Waals surface area (Å²) >= 11 is 0. The van der Waals surface area contributed by atoms with Crippen molar-refractivity contribution in [1.82, 2.24) is 0 Å². The van der Waals surface area contributed by atoms with Crippen LogP contribution in [-0.2, 0) is 14.3 Å². The van der Waals surface area contributed by atoms with Gasteiger partial charge in [-0.1, -0.05) is 88.9 Å². The van der Waals surface area contributed by atoms with Crippen LogP contribution in [0.15, 0.2) is 134 Å². The standard InChI is InChI=1S/C47H48O7/c1-7-45(5)29-39(53-43(49)33-16-14-22-37(26-33)51-35-18-10-8-11-19-35)46(6)31(3)24-25-47(28-30(2)40(48)41(46)47)32(4)42(45)54-44(50)34-17-15-23-38(27-34)52-36-20-12-9-13-21-36/h7-23,26-27,31-32,39,41-42H,1-2,24-25,28-29H2,3-6H3/t31-,32+,39-,41+,42+,45-,46+,47+/m1/s1. The number of rotatable bonds is 9. The Kier molecular flexibility index (Phi) is 9.86. The van der Waals surface area contributed by atoms with Crippen molar-refractivity contribution in [3.8, 4) is 23.0 Å². The molecule has 278 valence electrons. The highest BCUT2D eigenvalue weighted by Gasteiger charge is 2.70. The number of ketones is 1. The molecule has 0 aliphatic heterocycles. The van der Waals surface area contributed by atoms with Gasteiger partial charge in [0.15, 0.2) is 5.78 Å². The van der Waals surface area contributed by atoms with Crippen LogP contribution in [0.3, 0.4) is 0 Å². The summed E-state index contributed by atoms with van der Waals surface area (Å²) in [6.45, 7) is 16.9. The Hall–Kier alpha value is -5.43. The first kappa shape index (κ1) is 36.9. The zero-order chi connectivity index (χ0) is 38.3. The predicted octanol–water partition coefficient (Wildman–Crippen LogP) is 10.8. The minimum Gasteiger partial charge on any atom is -0.458 e. The summed E-state index contributed by atoms with van der Waals surface area (Å²) < 4.78 is 25.3. The molecule has 8 atom stereocenters. The zero-order valence-corrected chi connectivity index (χ0v) is 31.5. The van der Waals surface area contributed by atoms with E-state index in [1.54, 1.807) is 48.5 Å². The highest BCUT2D eigenvalue weighted by Crippen LogP contribution is 2.69. The van der Waals surface area contributed by atoms with Gasteiger partial charge in [0.05, 0.1) is 11.1 Å². The summed E-state index contributed by atoms with van der Waals surface area (Å²) in [4.78, 5) is 42.8. The number of allylic oxidation sites excluding steroid dienone is 1. The SMILES string of the molecule is C=C[C@]1(C)C[C@@H](OC(=O)c2cccc(Oc3ccccc3)c2)[C@]2(C)[C@H](C)CC[C@]3(CC(=C)C(=O)[C@H]32)[C@@H](C)[C@@H]1OC(=O)c1cccc(Oc2ccccc2)c1. The number of para-hydroxylation sites is 2. The molecule has 0 amide bonds. The van der Waals surface area contributed by atoms with Crippen molar-refractivity contribution in [2.24, 2.45) is 34.0 Å². The van der Waals surface area contributed by atoms with Gasteiger partial charge in [0.1, 0.15) is 35.2 Å². The van der Waals surface area contributed by atoms with Crippen LogP contribution in [0.1, 0.15) is 74.1 Å². The minimum absolute atomic E-state index is 0.00764. The summed E-state index contributed by atoms with van der Waals surface area (Å²) in [7, 11) is 0. The molecule has 3 fully saturated rings. The maximum Gasteiger partial charge on any atom is 0.338 e. The van der Waals surface area contributed by atoms with Crippen LogP contribution >= 0.6 is 0 Å². The summed E-state index contributed by atoms with van der Waals surface area (Å²) in [6, 6.07) is 32.6. The first-order valence-corrected chi connectivity index (χ1v) is 18.8. The van der Waals surface area contributed by atoms with Crippen LogP contribution < -0.4 is 9.47 Å². The molecule has 0 aromatic heterocycles. The summed E-state index contributed by atoms with van der Waals surface area (Å²) in [5.74, 6) is 0.594. The van der Waals surface area contributed by atoms with E-state index >= 15 is 0 Å². The second-order valence-electron chi connectivity index (χ2n) is 15.9. The predicted molar refractivity (Wildman–Crippen MR) is 208 cm³/mol. The minimum atomic E-state index is -0.848. The van der Waals surface area contributed by atoms with Gasteiger partial charge in [-0.15, -0.1) is 6.58 Å². The molecule has 0 radical (unpaired) electrons. The van der Waals surface area contributed by atoms with Gasteiger partial charge in [0.2, 0.25) is 0 Å². The van der Waals surface area contributed by atoms with E-state index in [0.29, 0.717) is 46.1 Å². The lowest BCUT2D eigenvalue weighted by Gasteiger charge is -2.61. The van der Waals surface area contributed by atoms with Gasteiger partial charge in [0.25, 0.3) is 0 Å². The van der Waals surface area contributed by atoms with E-state index in [9.17, 15) is 14.4 Å². The first-order valence-electron chi connectivity index (χ1n) is 18.8. The van der Waals surface area contributed by atoms with Gasteiger partial charge in [-0.25, -0.2) is 9.59 Å². The Morgan fingerprint density at radius 2 is 1.26 bits per heavy atom. The molecule has 0 N–H and O–H groups in total. The molecule has 0 spiro atoms. The summed E-state index contributed by atoms with van der Waals surface area (Å²) in [5, 5.41) is 0. The number of hydrogen-bond donors (Lipinski definition) is 0. The molecule has 4 aromatic carbocycles. The highest BCUT2D eigenvalue weighted by atomic mass is 16.6. The lowest BCUT2D eigenvalue weighted by molar-refractivity contribution is -0.192. The number of benzene rings is 4. The van der Waals surface area contributed by atoms with Gasteiger partial charge in [-0.2, -0.15) is 0 Å². The first-order chi connectivity index (χ1) is 25.9. The smallest absolute Gasteiger partial charge is 0.338 e.